The van der Waals surface area contributed by atoms with E-state index in [1.54, 1.807) is 36.4 Å². The van der Waals surface area contributed by atoms with Crippen molar-refractivity contribution in [3.05, 3.63) is 48.5 Å². The van der Waals surface area contributed by atoms with Gasteiger partial charge in [0.25, 0.3) is 0 Å². The minimum atomic E-state index is -3.18. The summed E-state index contributed by atoms with van der Waals surface area (Å²) in [6, 6.07) is 10.0. The zero-order valence-electron chi connectivity index (χ0n) is 11.0. The Morgan fingerprint density at radius 3 is 2.35 bits per heavy atom. The Hall–Kier alpha value is -2.34. The van der Waals surface area contributed by atoms with Crippen LogP contribution in [0.2, 0.25) is 0 Å². The summed E-state index contributed by atoms with van der Waals surface area (Å²) in [6.45, 7) is 3.64. The highest BCUT2D eigenvalue weighted by molar-refractivity contribution is 7.90. The molecule has 0 radical (unpaired) electrons. The predicted molar refractivity (Wildman–Crippen MR) is 81.6 cm³/mol. The number of hydrogen-bond acceptors (Lipinski definition) is 5. The van der Waals surface area contributed by atoms with Crippen molar-refractivity contribution in [1.82, 2.24) is 4.98 Å². The number of hydrogen-bond donors (Lipinski definition) is 2. The van der Waals surface area contributed by atoms with E-state index >= 15 is 0 Å². The third-order valence-corrected chi connectivity index (χ3v) is 3.86. The zero-order chi connectivity index (χ0) is 14.8. The summed E-state index contributed by atoms with van der Waals surface area (Å²) in [7, 11) is -3.18. The monoisotopic (exact) mass is 289 g/mol. The number of nitrogens with zero attached hydrogens (tertiary/aromatic N) is 1. The van der Waals surface area contributed by atoms with Crippen molar-refractivity contribution < 1.29 is 8.42 Å². The Bertz CT molecular complexity index is 738. The van der Waals surface area contributed by atoms with Crippen LogP contribution in [-0.2, 0) is 9.84 Å². The van der Waals surface area contributed by atoms with Gasteiger partial charge in [-0.2, -0.15) is 0 Å². The molecular weight excluding hydrogens is 274 g/mol. The lowest BCUT2D eigenvalue weighted by atomic mass is 10.2. The minimum absolute atomic E-state index is 0.275. The van der Waals surface area contributed by atoms with Crippen LogP contribution in [0.3, 0.4) is 0 Å². The van der Waals surface area contributed by atoms with Crippen LogP contribution in [0.4, 0.5) is 17.3 Å². The van der Waals surface area contributed by atoms with Gasteiger partial charge in [-0.25, -0.2) is 13.4 Å². The molecule has 0 aliphatic carbocycles. The molecule has 0 aliphatic heterocycles. The number of sulfone groups is 1. The first-order valence-corrected chi connectivity index (χ1v) is 7.75. The van der Waals surface area contributed by atoms with Gasteiger partial charge in [0.05, 0.1) is 4.90 Å². The van der Waals surface area contributed by atoms with Crippen molar-refractivity contribution in [3.63, 3.8) is 0 Å². The summed E-state index contributed by atoms with van der Waals surface area (Å²) >= 11 is 0. The Balaban J connectivity index is 2.22. The summed E-state index contributed by atoms with van der Waals surface area (Å²) in [5, 5.41) is 3.05. The molecule has 0 saturated carbocycles. The number of rotatable bonds is 4. The second-order valence-corrected chi connectivity index (χ2v) is 6.31. The van der Waals surface area contributed by atoms with E-state index in [0.717, 1.165) is 11.3 Å². The predicted octanol–water partition coefficient (Wildman–Crippen LogP) is 2.45. The lowest BCUT2D eigenvalue weighted by Crippen LogP contribution is -2.00. The van der Waals surface area contributed by atoms with Crippen LogP contribution in [0.25, 0.3) is 6.08 Å². The van der Waals surface area contributed by atoms with Crippen molar-refractivity contribution >= 4 is 33.2 Å². The van der Waals surface area contributed by atoms with Gasteiger partial charge in [-0.15, -0.1) is 0 Å². The van der Waals surface area contributed by atoms with Crippen molar-refractivity contribution in [2.75, 3.05) is 17.3 Å². The van der Waals surface area contributed by atoms with Gasteiger partial charge in [0, 0.05) is 17.5 Å². The first kappa shape index (κ1) is 14.1. The van der Waals surface area contributed by atoms with Crippen molar-refractivity contribution in [1.29, 1.82) is 0 Å². The molecule has 2 aromatic rings. The second kappa shape index (κ2) is 5.34. The molecule has 0 unspecified atom stereocenters. The topological polar surface area (TPSA) is 85.1 Å². The van der Waals surface area contributed by atoms with Crippen LogP contribution in [-0.4, -0.2) is 19.7 Å². The normalized spacial score (nSPS) is 11.1. The molecule has 2 rings (SSSR count). The van der Waals surface area contributed by atoms with Gasteiger partial charge in [0.1, 0.15) is 11.6 Å². The summed E-state index contributed by atoms with van der Waals surface area (Å²) < 4.78 is 22.7. The number of nitrogens with one attached hydrogen (secondary N) is 1. The van der Waals surface area contributed by atoms with Crippen molar-refractivity contribution in [2.45, 2.75) is 4.90 Å². The number of pyridine rings is 1. The Morgan fingerprint density at radius 1 is 1.20 bits per heavy atom. The molecule has 1 aromatic heterocycles. The number of anilines is 3. The lowest BCUT2D eigenvalue weighted by Gasteiger charge is -2.08. The lowest BCUT2D eigenvalue weighted by molar-refractivity contribution is 0.602. The fourth-order valence-corrected chi connectivity index (χ4v) is 2.29. The van der Waals surface area contributed by atoms with Gasteiger partial charge in [0.15, 0.2) is 9.84 Å². The van der Waals surface area contributed by atoms with Crippen LogP contribution in [0.15, 0.2) is 47.9 Å². The summed E-state index contributed by atoms with van der Waals surface area (Å²) in [5.41, 5.74) is 7.26. The minimum Gasteiger partial charge on any atom is -0.383 e. The summed E-state index contributed by atoms with van der Waals surface area (Å²) in [6.07, 6.45) is 2.80. The van der Waals surface area contributed by atoms with E-state index in [9.17, 15) is 8.42 Å². The number of nitrogen functional groups attached to an aromatic ring is 1. The molecule has 20 heavy (non-hydrogen) atoms. The summed E-state index contributed by atoms with van der Waals surface area (Å²) in [5.74, 6) is 0.970. The van der Waals surface area contributed by atoms with Crippen LogP contribution in [0, 0.1) is 0 Å². The highest BCUT2D eigenvalue weighted by Crippen LogP contribution is 2.20. The highest BCUT2D eigenvalue weighted by atomic mass is 32.2. The van der Waals surface area contributed by atoms with E-state index in [2.05, 4.69) is 16.9 Å². The molecule has 1 heterocycles. The van der Waals surface area contributed by atoms with Crippen LogP contribution in [0.1, 0.15) is 5.56 Å². The first-order valence-electron chi connectivity index (χ1n) is 5.86. The molecule has 3 N–H and O–H groups in total. The fourth-order valence-electron chi connectivity index (χ4n) is 1.66. The molecule has 1 aromatic carbocycles. The number of benzene rings is 1. The standard InChI is InChI=1S/C14H15N3O2S/c1-3-10-4-9-13(17-14(10)15)16-11-5-7-12(8-6-11)20(2,18)19/h3-9H,1H2,2H3,(H3,15,16,17). The molecule has 0 atom stereocenters. The van der Waals surface area contributed by atoms with E-state index in [1.807, 2.05) is 6.07 Å². The van der Waals surface area contributed by atoms with Gasteiger partial charge in [-0.1, -0.05) is 12.7 Å². The zero-order valence-corrected chi connectivity index (χ0v) is 11.8. The van der Waals surface area contributed by atoms with E-state index in [-0.39, 0.29) is 4.90 Å². The third-order valence-electron chi connectivity index (χ3n) is 2.73. The Kier molecular flexibility index (Phi) is 3.76. The average molecular weight is 289 g/mol. The molecule has 0 aliphatic rings. The van der Waals surface area contributed by atoms with Gasteiger partial charge < -0.3 is 11.1 Å². The van der Waals surface area contributed by atoms with E-state index in [0.29, 0.717) is 11.6 Å². The Morgan fingerprint density at radius 2 is 1.85 bits per heavy atom. The highest BCUT2D eigenvalue weighted by Gasteiger charge is 2.06. The van der Waals surface area contributed by atoms with E-state index < -0.39 is 9.84 Å². The van der Waals surface area contributed by atoms with Gasteiger partial charge in [-0.3, -0.25) is 0 Å². The maximum Gasteiger partial charge on any atom is 0.175 e. The van der Waals surface area contributed by atoms with Crippen LogP contribution in [0.5, 0.6) is 0 Å². The van der Waals surface area contributed by atoms with E-state index in [4.69, 9.17) is 5.73 Å². The molecule has 104 valence electrons. The molecule has 6 heteroatoms. The Labute approximate surface area is 118 Å². The number of nitrogens with two attached hydrogens (primary N) is 1. The summed E-state index contributed by atoms with van der Waals surface area (Å²) in [4.78, 5) is 4.46. The molecule has 0 fully saturated rings. The molecule has 0 bridgehead atoms. The third kappa shape index (κ3) is 3.16. The SMILES string of the molecule is C=Cc1ccc(Nc2ccc(S(C)(=O)=O)cc2)nc1N. The number of aromatic nitrogens is 1. The van der Waals surface area contributed by atoms with Crippen molar-refractivity contribution in [3.8, 4) is 0 Å². The molecule has 0 amide bonds. The molecule has 5 nitrogen and oxygen atoms in total. The first-order chi connectivity index (χ1) is 9.40. The molecule has 0 spiro atoms. The fraction of sp³-hybridized carbons (Fsp3) is 0.0714. The molecule has 0 saturated heterocycles. The average Bonchev–Trinajstić information content (AvgIpc) is 2.38. The van der Waals surface area contributed by atoms with E-state index in [1.165, 1.54) is 6.26 Å². The molecular formula is C14H15N3O2S. The smallest absolute Gasteiger partial charge is 0.175 e. The largest absolute Gasteiger partial charge is 0.383 e. The van der Waals surface area contributed by atoms with Gasteiger partial charge >= 0.3 is 0 Å². The van der Waals surface area contributed by atoms with Crippen LogP contribution >= 0.6 is 0 Å². The maximum atomic E-state index is 11.4. The van der Waals surface area contributed by atoms with Gasteiger partial charge in [0.2, 0.25) is 0 Å². The second-order valence-electron chi connectivity index (χ2n) is 4.30. The maximum absolute atomic E-state index is 11.4. The van der Waals surface area contributed by atoms with Gasteiger partial charge in [-0.05, 0) is 36.4 Å². The quantitative estimate of drug-likeness (QED) is 0.903. The van der Waals surface area contributed by atoms with Crippen molar-refractivity contribution in [2.24, 2.45) is 0 Å². The van der Waals surface area contributed by atoms with Crippen LogP contribution < -0.4 is 11.1 Å².